The summed E-state index contributed by atoms with van der Waals surface area (Å²) in [6.45, 7) is 15.1. The van der Waals surface area contributed by atoms with Crippen molar-refractivity contribution in [2.75, 3.05) is 0 Å². The molecule has 0 fully saturated rings. The van der Waals surface area contributed by atoms with Gasteiger partial charge in [0, 0.05) is 38.5 Å². The maximum absolute atomic E-state index is 8.77. The van der Waals surface area contributed by atoms with Gasteiger partial charge in [0.15, 0.2) is 12.4 Å². The summed E-state index contributed by atoms with van der Waals surface area (Å²) in [6, 6.07) is 42.1. The van der Waals surface area contributed by atoms with Crippen molar-refractivity contribution >= 4 is 0 Å². The van der Waals surface area contributed by atoms with Crippen molar-refractivity contribution in [3.8, 4) is 44.8 Å². The topological polar surface area (TPSA) is 7.76 Å². The molecule has 1 unspecified atom stereocenters. The zero-order valence-corrected chi connectivity index (χ0v) is 34.3. The van der Waals surface area contributed by atoms with Crippen molar-refractivity contribution in [1.82, 2.24) is 0 Å². The lowest BCUT2D eigenvalue weighted by Gasteiger charge is -2.23. The van der Waals surface area contributed by atoms with Crippen molar-refractivity contribution in [3.63, 3.8) is 0 Å². The number of aromatic nitrogens is 2. The van der Waals surface area contributed by atoms with E-state index in [0.717, 1.165) is 41.5 Å². The number of aryl methyl sites for hydroxylation is 5. The molecule has 6 rings (SSSR count). The molecular weight excluding hydrogens is 653 g/mol. The molecule has 6 aromatic rings. The number of benzene rings is 4. The van der Waals surface area contributed by atoms with Gasteiger partial charge in [-0.2, -0.15) is 0 Å². The predicted molar refractivity (Wildman–Crippen MR) is 231 cm³/mol. The van der Waals surface area contributed by atoms with Gasteiger partial charge in [-0.1, -0.05) is 145 Å². The van der Waals surface area contributed by atoms with Gasteiger partial charge in [0.25, 0.3) is 0 Å². The van der Waals surface area contributed by atoms with Crippen LogP contribution in [0.5, 0.6) is 0 Å². The Kier molecular flexibility index (Phi) is 12.7. The van der Waals surface area contributed by atoms with Crippen LogP contribution >= 0.6 is 0 Å². The van der Waals surface area contributed by atoms with Crippen molar-refractivity contribution in [2.45, 2.75) is 99.3 Å². The number of hydrogen-bond acceptors (Lipinski definition) is 0. The Balaban J connectivity index is 0.000000218. The molecule has 0 bridgehead atoms. The summed E-state index contributed by atoms with van der Waals surface area (Å²) in [5.41, 5.74) is 14.1. The molecule has 0 saturated heterocycles. The molecule has 4 aromatic carbocycles. The van der Waals surface area contributed by atoms with Gasteiger partial charge >= 0.3 is 0 Å². The molecule has 0 saturated carbocycles. The maximum Gasteiger partial charge on any atom is 0.212 e. The van der Waals surface area contributed by atoms with Crippen molar-refractivity contribution in [3.05, 3.63) is 156 Å². The van der Waals surface area contributed by atoms with Gasteiger partial charge in [0.05, 0.1) is 0 Å². The van der Waals surface area contributed by atoms with Gasteiger partial charge in [-0.3, -0.25) is 0 Å². The standard InChI is InChI=1S/2C26H32N/c1-19-9-7-8-10-24(19)25-16-15-23(18-27(25)6)22-13-11-21(12-14-22)20(2)17-26(3,4)5;1-4-5-6-7-8-12-22-14-16-23(17-15-22)24-18-19-26(27(3)20-24)25-13-10-9-11-21(25)2/h7-16,18,20H,17H2,1-6H3;9-11,13-20H,4-8,12H2,1-3H3/q2*+1/i20D;12D2. The third-order valence-corrected chi connectivity index (χ3v) is 10.2. The van der Waals surface area contributed by atoms with E-state index in [0.29, 0.717) is 6.42 Å². The molecule has 280 valence electrons. The number of hydrogen-bond donors (Lipinski definition) is 0. The summed E-state index contributed by atoms with van der Waals surface area (Å²) in [6.07, 6.45) is 8.92. The molecule has 1 atom stereocenters. The Morgan fingerprint density at radius 2 is 1.02 bits per heavy atom. The second-order valence-electron chi connectivity index (χ2n) is 16.1. The van der Waals surface area contributed by atoms with Crippen LogP contribution in [0, 0.1) is 19.3 Å². The van der Waals surface area contributed by atoms with Crippen LogP contribution in [0.1, 0.15) is 105 Å². The predicted octanol–water partition coefficient (Wildman–Crippen LogP) is 13.4. The summed E-state index contributed by atoms with van der Waals surface area (Å²) < 4.78 is 30.0. The highest BCUT2D eigenvalue weighted by molar-refractivity contribution is 5.67. The van der Waals surface area contributed by atoms with E-state index in [1.807, 2.05) is 31.2 Å². The molecule has 0 aliphatic heterocycles. The molecule has 0 spiro atoms. The first kappa shape index (κ1) is 36.2. The first-order valence-corrected chi connectivity index (χ1v) is 19.8. The highest BCUT2D eigenvalue weighted by Gasteiger charge is 2.18. The van der Waals surface area contributed by atoms with Gasteiger partial charge in [0.2, 0.25) is 11.4 Å². The fraction of sp³-hybridized carbons (Fsp3) is 0.346. The third kappa shape index (κ3) is 11.1. The van der Waals surface area contributed by atoms with Crippen LogP contribution in [0.4, 0.5) is 0 Å². The van der Waals surface area contributed by atoms with Crippen LogP contribution in [0.15, 0.2) is 134 Å². The molecule has 2 heterocycles. The van der Waals surface area contributed by atoms with E-state index in [1.54, 1.807) is 0 Å². The molecule has 0 radical (unpaired) electrons. The molecule has 2 heteroatoms. The van der Waals surface area contributed by atoms with E-state index in [1.165, 1.54) is 57.6 Å². The van der Waals surface area contributed by atoms with Crippen LogP contribution in [0.2, 0.25) is 0 Å². The molecule has 0 N–H and O–H groups in total. The lowest BCUT2D eigenvalue weighted by atomic mass is 9.82. The Hall–Kier alpha value is -4.82. The van der Waals surface area contributed by atoms with Gasteiger partial charge in [-0.25, -0.2) is 9.13 Å². The quantitative estimate of drug-likeness (QED) is 0.0879. The average molecular weight is 720 g/mol. The van der Waals surface area contributed by atoms with E-state index in [-0.39, 0.29) is 5.41 Å². The van der Waals surface area contributed by atoms with Crippen LogP contribution < -0.4 is 9.13 Å². The van der Waals surface area contributed by atoms with E-state index >= 15 is 0 Å². The lowest BCUT2D eigenvalue weighted by Crippen LogP contribution is -2.30. The van der Waals surface area contributed by atoms with Gasteiger partial charge in [0.1, 0.15) is 14.1 Å². The summed E-state index contributed by atoms with van der Waals surface area (Å²) in [5, 5.41) is 0. The summed E-state index contributed by atoms with van der Waals surface area (Å²) in [7, 11) is 4.18. The van der Waals surface area contributed by atoms with Gasteiger partial charge in [-0.15, -0.1) is 0 Å². The van der Waals surface area contributed by atoms with Gasteiger partial charge < -0.3 is 0 Å². The van der Waals surface area contributed by atoms with Crippen LogP contribution in [-0.2, 0) is 20.5 Å². The first-order chi connectivity index (χ1) is 27.0. The Morgan fingerprint density at radius 1 is 0.574 bits per heavy atom. The number of unbranched alkanes of at least 4 members (excludes halogenated alkanes) is 3. The summed E-state index contributed by atoms with van der Waals surface area (Å²) >= 11 is 0. The van der Waals surface area contributed by atoms with Crippen molar-refractivity contribution in [2.24, 2.45) is 19.5 Å². The van der Waals surface area contributed by atoms with Crippen LogP contribution in [-0.4, -0.2) is 0 Å². The second kappa shape index (κ2) is 19.0. The van der Waals surface area contributed by atoms with E-state index in [2.05, 4.69) is 174 Å². The highest BCUT2D eigenvalue weighted by atomic mass is 14.9. The Bertz CT molecular complexity index is 2230. The maximum atomic E-state index is 8.77. The molecule has 54 heavy (non-hydrogen) atoms. The number of pyridine rings is 2. The van der Waals surface area contributed by atoms with Crippen LogP contribution in [0.25, 0.3) is 44.8 Å². The van der Waals surface area contributed by atoms with Gasteiger partial charge in [-0.05, 0) is 102 Å². The van der Waals surface area contributed by atoms with E-state index in [4.69, 9.17) is 4.11 Å². The minimum Gasteiger partial charge on any atom is -0.200 e. The minimum atomic E-state index is -1.26. The summed E-state index contributed by atoms with van der Waals surface area (Å²) in [4.78, 5) is 0. The van der Waals surface area contributed by atoms with Crippen molar-refractivity contribution in [1.29, 1.82) is 0 Å². The third-order valence-electron chi connectivity index (χ3n) is 10.2. The molecular formula is C52H64N2+2. The Morgan fingerprint density at radius 3 is 1.46 bits per heavy atom. The normalized spacial score (nSPS) is 13.5. The first-order valence-electron chi connectivity index (χ1n) is 21.3. The van der Waals surface area contributed by atoms with Crippen LogP contribution in [0.3, 0.4) is 0 Å². The summed E-state index contributed by atoms with van der Waals surface area (Å²) in [5.74, 6) is -0.573. The zero-order valence-electron chi connectivity index (χ0n) is 37.3. The van der Waals surface area contributed by atoms with Crippen molar-refractivity contribution < 1.29 is 13.2 Å². The average Bonchev–Trinajstić information content (AvgIpc) is 3.17. The molecule has 2 aromatic heterocycles. The fourth-order valence-corrected chi connectivity index (χ4v) is 7.25. The smallest absolute Gasteiger partial charge is 0.200 e. The second-order valence-corrected chi connectivity index (χ2v) is 16.1. The monoisotopic (exact) mass is 720 g/mol. The van der Waals surface area contributed by atoms with E-state index in [9.17, 15) is 0 Å². The highest BCUT2D eigenvalue weighted by Crippen LogP contribution is 2.32. The molecule has 0 amide bonds. The van der Waals surface area contributed by atoms with E-state index < -0.39 is 12.3 Å². The Labute approximate surface area is 331 Å². The number of nitrogens with zero attached hydrogens (tertiary/aromatic N) is 2. The number of rotatable bonds is 12. The largest absolute Gasteiger partial charge is 0.212 e. The lowest BCUT2D eigenvalue weighted by molar-refractivity contribution is -0.660. The molecule has 2 nitrogen and oxygen atoms in total. The zero-order chi connectivity index (χ0) is 41.4. The minimum absolute atomic E-state index is 0.133. The molecule has 0 aliphatic rings. The SMILES string of the molecule is [2H]C(C)(CC(C)(C)C)c1ccc(-c2ccc(-c3ccccc3C)[n+](C)c2)cc1.[2H]C([2H])(CCCCCC)c1ccc(-c2ccc(-c3ccccc3C)[n+](C)c2)cc1. The fourth-order valence-electron chi connectivity index (χ4n) is 7.25. The molecule has 0 aliphatic carbocycles.